The second-order valence-electron chi connectivity index (χ2n) is 3.84. The second-order valence-corrected chi connectivity index (χ2v) is 4.25. The molecule has 0 spiro atoms. The highest BCUT2D eigenvalue weighted by atomic mass is 35.5. The summed E-state index contributed by atoms with van der Waals surface area (Å²) in [5.41, 5.74) is 3.36. The summed E-state index contributed by atoms with van der Waals surface area (Å²) in [6.07, 6.45) is 3.29. The van der Waals surface area contributed by atoms with E-state index in [4.69, 9.17) is 17.4 Å². The van der Waals surface area contributed by atoms with Crippen molar-refractivity contribution in [2.75, 3.05) is 16.9 Å². The number of hydrogen-bond acceptors (Lipinski definition) is 6. The Kier molecular flexibility index (Phi) is 4.48. The van der Waals surface area contributed by atoms with Gasteiger partial charge in [0.15, 0.2) is 5.82 Å². The first-order valence-electron chi connectivity index (χ1n) is 5.88. The van der Waals surface area contributed by atoms with Crippen LogP contribution >= 0.6 is 11.6 Å². The number of rotatable bonds is 5. The monoisotopic (exact) mass is 278 g/mol. The summed E-state index contributed by atoms with van der Waals surface area (Å²) in [5.74, 6) is 6.28. The topological polar surface area (TPSA) is 80.0 Å². The first kappa shape index (κ1) is 13.5. The first-order chi connectivity index (χ1) is 9.24. The Balaban J connectivity index is 2.26. The van der Waals surface area contributed by atoms with Crippen molar-refractivity contribution in [3.8, 4) is 0 Å². The third-order valence-corrected chi connectivity index (χ3v) is 2.88. The van der Waals surface area contributed by atoms with E-state index in [0.717, 1.165) is 12.2 Å². The molecule has 2 aromatic heterocycles. The van der Waals surface area contributed by atoms with Crippen LogP contribution < -0.4 is 16.2 Å². The molecule has 19 heavy (non-hydrogen) atoms. The highest BCUT2D eigenvalue weighted by Gasteiger charge is 2.13. The van der Waals surface area contributed by atoms with Gasteiger partial charge in [0.1, 0.15) is 5.02 Å². The number of anilines is 2. The lowest BCUT2D eigenvalue weighted by molar-refractivity contribution is 0.791. The predicted octanol–water partition coefficient (Wildman–Crippen LogP) is 1.84. The van der Waals surface area contributed by atoms with Crippen molar-refractivity contribution in [1.82, 2.24) is 15.0 Å². The van der Waals surface area contributed by atoms with Crippen LogP contribution in [0.1, 0.15) is 12.6 Å². The van der Waals surface area contributed by atoms with Gasteiger partial charge in [-0.3, -0.25) is 10.4 Å². The molecular formula is C12H15ClN6. The molecule has 0 aliphatic rings. The van der Waals surface area contributed by atoms with Crippen molar-refractivity contribution in [3.05, 3.63) is 41.3 Å². The largest absolute Gasteiger partial charge is 0.350 e. The number of hydrazine groups is 1. The molecule has 0 saturated heterocycles. The van der Waals surface area contributed by atoms with Crippen LogP contribution in [0.15, 0.2) is 30.6 Å². The van der Waals surface area contributed by atoms with Crippen molar-refractivity contribution in [1.29, 1.82) is 0 Å². The van der Waals surface area contributed by atoms with E-state index >= 15 is 0 Å². The average molecular weight is 279 g/mol. The summed E-state index contributed by atoms with van der Waals surface area (Å²) in [7, 11) is 0. The van der Waals surface area contributed by atoms with E-state index in [2.05, 4.69) is 20.4 Å². The van der Waals surface area contributed by atoms with Crippen LogP contribution in [0.5, 0.6) is 0 Å². The maximum absolute atomic E-state index is 6.14. The lowest BCUT2D eigenvalue weighted by Gasteiger charge is -2.22. The number of pyridine rings is 1. The number of hydrogen-bond donors (Lipinski definition) is 2. The van der Waals surface area contributed by atoms with Crippen molar-refractivity contribution in [3.63, 3.8) is 0 Å². The van der Waals surface area contributed by atoms with E-state index < -0.39 is 0 Å². The van der Waals surface area contributed by atoms with E-state index in [1.165, 1.54) is 6.20 Å². The Morgan fingerprint density at radius 2 is 2.21 bits per heavy atom. The summed E-state index contributed by atoms with van der Waals surface area (Å²) >= 11 is 6.14. The fourth-order valence-electron chi connectivity index (χ4n) is 1.67. The molecule has 0 aromatic carbocycles. The Hall–Kier alpha value is -1.92. The van der Waals surface area contributed by atoms with E-state index in [0.29, 0.717) is 23.3 Å². The van der Waals surface area contributed by atoms with Gasteiger partial charge in [0.2, 0.25) is 5.95 Å². The normalized spacial score (nSPS) is 10.3. The number of nitrogen functional groups attached to an aromatic ring is 1. The number of nitrogens with one attached hydrogen (secondary N) is 1. The molecule has 2 heterocycles. The van der Waals surface area contributed by atoms with E-state index in [1.807, 2.05) is 30.0 Å². The SMILES string of the molecule is CCN(Cc1ccccn1)c1nc(NN)ncc1Cl. The zero-order valence-electron chi connectivity index (χ0n) is 10.5. The molecule has 0 radical (unpaired) electrons. The molecule has 3 N–H and O–H groups in total. The smallest absolute Gasteiger partial charge is 0.239 e. The summed E-state index contributed by atoms with van der Waals surface area (Å²) in [5, 5.41) is 0.483. The van der Waals surface area contributed by atoms with Crippen LogP contribution in [-0.2, 0) is 6.54 Å². The predicted molar refractivity (Wildman–Crippen MR) is 75.8 cm³/mol. The lowest BCUT2D eigenvalue weighted by atomic mass is 10.3. The highest BCUT2D eigenvalue weighted by molar-refractivity contribution is 6.32. The van der Waals surface area contributed by atoms with Gasteiger partial charge in [-0.25, -0.2) is 10.8 Å². The summed E-state index contributed by atoms with van der Waals surface area (Å²) in [4.78, 5) is 14.5. The molecule has 0 aliphatic carbocycles. The molecule has 0 aliphatic heterocycles. The van der Waals surface area contributed by atoms with Gasteiger partial charge >= 0.3 is 0 Å². The zero-order valence-corrected chi connectivity index (χ0v) is 11.3. The second kappa shape index (κ2) is 6.31. The number of aromatic nitrogens is 3. The standard InChI is InChI=1S/C12H15ClN6/c1-2-19(8-9-5-3-4-6-15-9)11-10(13)7-16-12(17-11)18-14/h3-7H,2,8,14H2,1H3,(H,16,17,18). The van der Waals surface area contributed by atoms with Crippen molar-refractivity contribution in [2.24, 2.45) is 5.84 Å². The molecule has 100 valence electrons. The van der Waals surface area contributed by atoms with Gasteiger partial charge in [-0.15, -0.1) is 0 Å². The Morgan fingerprint density at radius 1 is 1.37 bits per heavy atom. The molecule has 7 heteroatoms. The molecular weight excluding hydrogens is 264 g/mol. The van der Waals surface area contributed by atoms with Crippen LogP contribution in [0.3, 0.4) is 0 Å². The molecule has 0 saturated carbocycles. The maximum atomic E-state index is 6.14. The van der Waals surface area contributed by atoms with Crippen molar-refractivity contribution < 1.29 is 0 Å². The summed E-state index contributed by atoms with van der Waals surface area (Å²) in [6.45, 7) is 3.40. The third kappa shape index (κ3) is 3.30. The van der Waals surface area contributed by atoms with Crippen LogP contribution in [0.2, 0.25) is 5.02 Å². The highest BCUT2D eigenvalue weighted by Crippen LogP contribution is 2.24. The Bertz CT molecular complexity index is 533. The molecule has 0 atom stereocenters. The number of halogens is 1. The minimum atomic E-state index is 0.332. The lowest BCUT2D eigenvalue weighted by Crippen LogP contribution is -2.25. The van der Waals surface area contributed by atoms with Crippen LogP contribution in [0.25, 0.3) is 0 Å². The van der Waals surface area contributed by atoms with Crippen LogP contribution in [-0.4, -0.2) is 21.5 Å². The van der Waals surface area contributed by atoms with E-state index in [-0.39, 0.29) is 0 Å². The molecule has 6 nitrogen and oxygen atoms in total. The molecule has 2 aromatic rings. The fraction of sp³-hybridized carbons (Fsp3) is 0.250. The van der Waals surface area contributed by atoms with Crippen molar-refractivity contribution >= 4 is 23.4 Å². The number of nitrogens with zero attached hydrogens (tertiary/aromatic N) is 4. The average Bonchev–Trinajstić information content (AvgIpc) is 2.47. The fourth-order valence-corrected chi connectivity index (χ4v) is 1.88. The molecule has 0 bridgehead atoms. The molecule has 0 fully saturated rings. The quantitative estimate of drug-likeness (QED) is 0.642. The van der Waals surface area contributed by atoms with Gasteiger partial charge < -0.3 is 4.90 Å². The minimum Gasteiger partial charge on any atom is -0.350 e. The number of nitrogens with two attached hydrogens (primary N) is 1. The summed E-state index contributed by atoms with van der Waals surface area (Å²) in [6, 6.07) is 5.79. The van der Waals surface area contributed by atoms with Gasteiger partial charge in [0.05, 0.1) is 18.4 Å². The van der Waals surface area contributed by atoms with Gasteiger partial charge in [-0.05, 0) is 19.1 Å². The van der Waals surface area contributed by atoms with E-state index in [1.54, 1.807) is 6.20 Å². The van der Waals surface area contributed by atoms with Crippen LogP contribution in [0.4, 0.5) is 11.8 Å². The minimum absolute atomic E-state index is 0.332. The Morgan fingerprint density at radius 3 is 2.84 bits per heavy atom. The summed E-state index contributed by atoms with van der Waals surface area (Å²) < 4.78 is 0. The molecule has 0 amide bonds. The van der Waals surface area contributed by atoms with Gasteiger partial charge in [0.25, 0.3) is 0 Å². The zero-order chi connectivity index (χ0) is 13.7. The van der Waals surface area contributed by atoms with Crippen LogP contribution in [0, 0.1) is 0 Å². The van der Waals surface area contributed by atoms with Gasteiger partial charge in [0, 0.05) is 12.7 Å². The molecule has 0 unspecified atom stereocenters. The van der Waals surface area contributed by atoms with Crippen molar-refractivity contribution in [2.45, 2.75) is 13.5 Å². The Labute approximate surface area is 116 Å². The van der Waals surface area contributed by atoms with E-state index in [9.17, 15) is 0 Å². The first-order valence-corrected chi connectivity index (χ1v) is 6.26. The maximum Gasteiger partial charge on any atom is 0.239 e. The third-order valence-electron chi connectivity index (χ3n) is 2.61. The van der Waals surface area contributed by atoms with Gasteiger partial charge in [-0.1, -0.05) is 17.7 Å². The molecule has 2 rings (SSSR count). The van der Waals surface area contributed by atoms with Gasteiger partial charge in [-0.2, -0.15) is 4.98 Å².